The molecule has 7 nitrogen and oxygen atoms in total. The Hall–Kier alpha value is -1.55. The second kappa shape index (κ2) is 6.06. The van der Waals surface area contributed by atoms with Crippen molar-refractivity contribution in [2.24, 2.45) is 0 Å². The summed E-state index contributed by atoms with van der Waals surface area (Å²) < 4.78 is 63.2. The van der Waals surface area contributed by atoms with Crippen LogP contribution in [-0.4, -0.2) is 42.9 Å². The van der Waals surface area contributed by atoms with E-state index in [0.29, 0.717) is 6.92 Å². The van der Waals surface area contributed by atoms with E-state index in [1.165, 1.54) is 6.92 Å². The van der Waals surface area contributed by atoms with Crippen LogP contribution in [0.1, 0.15) is 13.8 Å². The Morgan fingerprint density at radius 1 is 1.42 bits per heavy atom. The first kappa shape index (κ1) is 17.4. The third-order valence-corrected chi connectivity index (χ3v) is 2.81. The molecule has 0 rings (SSSR count). The van der Waals surface area contributed by atoms with Gasteiger partial charge in [0.2, 0.25) is 0 Å². The summed E-state index contributed by atoms with van der Waals surface area (Å²) in [5.74, 6) is -2.34. The molecule has 10 heteroatoms. The van der Waals surface area contributed by atoms with Crippen LogP contribution in [0.3, 0.4) is 0 Å². The third kappa shape index (κ3) is 4.91. The van der Waals surface area contributed by atoms with E-state index < -0.39 is 40.0 Å². The molecule has 1 N–H and O–H groups in total. The minimum absolute atomic E-state index is 0.0240. The fourth-order valence-electron chi connectivity index (χ4n) is 0.757. The Morgan fingerprint density at radius 3 is 2.26 bits per heavy atom. The molecular formula is C9H12F2O7S. The van der Waals surface area contributed by atoms with Crippen LogP contribution >= 0.6 is 0 Å². The van der Waals surface area contributed by atoms with Crippen LogP contribution in [-0.2, 0) is 29.2 Å². The van der Waals surface area contributed by atoms with Gasteiger partial charge in [0.15, 0.2) is 12.7 Å². The maximum atomic E-state index is 13.0. The van der Waals surface area contributed by atoms with Crippen molar-refractivity contribution in [1.82, 2.24) is 0 Å². The maximum Gasteiger partial charge on any atom is 0.405 e. The van der Waals surface area contributed by atoms with E-state index in [9.17, 15) is 26.8 Å². The molecule has 0 aliphatic rings. The number of hydrogen-bond donors (Lipinski definition) is 1. The van der Waals surface area contributed by atoms with E-state index in [4.69, 9.17) is 4.55 Å². The van der Waals surface area contributed by atoms with Gasteiger partial charge in [0.1, 0.15) is 0 Å². The highest BCUT2D eigenvalue weighted by Gasteiger charge is 2.51. The van der Waals surface area contributed by atoms with Crippen molar-refractivity contribution >= 4 is 22.1 Å². The SMILES string of the molecule is C=C(C)C(=O)OCC(=O)OC(C)C(F)(F)S(=O)(=O)O. The van der Waals surface area contributed by atoms with Crippen molar-refractivity contribution in [1.29, 1.82) is 0 Å². The first-order chi connectivity index (χ1) is 8.39. The lowest BCUT2D eigenvalue weighted by atomic mass is 10.4. The molecule has 0 aliphatic heterocycles. The van der Waals surface area contributed by atoms with Gasteiger partial charge in [0, 0.05) is 5.57 Å². The van der Waals surface area contributed by atoms with Crippen molar-refractivity contribution in [3.63, 3.8) is 0 Å². The number of esters is 2. The fraction of sp³-hybridized carbons (Fsp3) is 0.556. The minimum Gasteiger partial charge on any atom is -0.452 e. The molecular weight excluding hydrogens is 290 g/mol. The largest absolute Gasteiger partial charge is 0.452 e. The van der Waals surface area contributed by atoms with Gasteiger partial charge in [0.05, 0.1) is 0 Å². The van der Waals surface area contributed by atoms with Gasteiger partial charge in [-0.2, -0.15) is 17.2 Å². The number of alkyl halides is 2. The Morgan fingerprint density at radius 2 is 1.89 bits per heavy atom. The molecule has 19 heavy (non-hydrogen) atoms. The molecule has 0 fully saturated rings. The van der Waals surface area contributed by atoms with Gasteiger partial charge in [-0.1, -0.05) is 6.58 Å². The van der Waals surface area contributed by atoms with Gasteiger partial charge in [-0.05, 0) is 13.8 Å². The lowest BCUT2D eigenvalue weighted by Crippen LogP contribution is -2.42. The molecule has 1 unspecified atom stereocenters. The van der Waals surface area contributed by atoms with E-state index in [1.807, 2.05) is 0 Å². The van der Waals surface area contributed by atoms with Crippen molar-refractivity contribution in [3.05, 3.63) is 12.2 Å². The predicted octanol–water partition coefficient (Wildman–Crippen LogP) is 0.518. The van der Waals surface area contributed by atoms with Crippen LogP contribution in [0.2, 0.25) is 0 Å². The van der Waals surface area contributed by atoms with Gasteiger partial charge < -0.3 is 9.47 Å². The molecule has 0 spiro atoms. The van der Waals surface area contributed by atoms with E-state index in [1.54, 1.807) is 0 Å². The van der Waals surface area contributed by atoms with Crippen LogP contribution in [0.25, 0.3) is 0 Å². The highest BCUT2D eigenvalue weighted by atomic mass is 32.2. The first-order valence-corrected chi connectivity index (χ1v) is 6.20. The van der Waals surface area contributed by atoms with Crippen LogP contribution in [0.4, 0.5) is 8.78 Å². The molecule has 0 heterocycles. The quantitative estimate of drug-likeness (QED) is 0.433. The Balaban J connectivity index is 4.51. The molecule has 0 aromatic rings. The zero-order chi connectivity index (χ0) is 15.4. The number of hydrogen-bond acceptors (Lipinski definition) is 6. The Labute approximate surface area is 107 Å². The van der Waals surface area contributed by atoms with Crippen molar-refractivity contribution in [3.8, 4) is 0 Å². The van der Waals surface area contributed by atoms with Crippen LogP contribution < -0.4 is 0 Å². The average molecular weight is 302 g/mol. The zero-order valence-electron chi connectivity index (χ0n) is 10.1. The Kier molecular flexibility index (Phi) is 5.57. The number of carbonyl (C=O) groups is 2. The Bertz CT molecular complexity index is 483. The van der Waals surface area contributed by atoms with E-state index in [2.05, 4.69) is 16.1 Å². The van der Waals surface area contributed by atoms with Crippen molar-refractivity contribution in [2.45, 2.75) is 25.2 Å². The van der Waals surface area contributed by atoms with E-state index >= 15 is 0 Å². The van der Waals surface area contributed by atoms with Crippen LogP contribution in [0.15, 0.2) is 12.2 Å². The molecule has 0 saturated carbocycles. The maximum absolute atomic E-state index is 13.0. The number of carbonyl (C=O) groups excluding carboxylic acids is 2. The summed E-state index contributed by atoms with van der Waals surface area (Å²) in [5.41, 5.74) is -0.0240. The summed E-state index contributed by atoms with van der Waals surface area (Å²) in [5, 5.41) is -4.67. The first-order valence-electron chi connectivity index (χ1n) is 4.76. The smallest absolute Gasteiger partial charge is 0.405 e. The minimum atomic E-state index is -5.72. The summed E-state index contributed by atoms with van der Waals surface area (Å²) in [6, 6.07) is 0. The predicted molar refractivity (Wildman–Crippen MR) is 57.8 cm³/mol. The molecule has 0 saturated heterocycles. The number of ether oxygens (including phenoxy) is 2. The molecule has 0 aromatic carbocycles. The zero-order valence-corrected chi connectivity index (χ0v) is 10.9. The lowest BCUT2D eigenvalue weighted by Gasteiger charge is -2.20. The fourth-order valence-corrected chi connectivity index (χ4v) is 1.22. The van der Waals surface area contributed by atoms with E-state index in [-0.39, 0.29) is 5.57 Å². The summed E-state index contributed by atoms with van der Waals surface area (Å²) in [6.45, 7) is 4.07. The summed E-state index contributed by atoms with van der Waals surface area (Å²) >= 11 is 0. The van der Waals surface area contributed by atoms with Crippen molar-refractivity contribution in [2.75, 3.05) is 6.61 Å². The lowest BCUT2D eigenvalue weighted by molar-refractivity contribution is -0.168. The molecule has 0 aromatic heterocycles. The second-order valence-electron chi connectivity index (χ2n) is 3.53. The summed E-state index contributed by atoms with van der Waals surface area (Å²) in [4.78, 5) is 21.9. The number of rotatable bonds is 6. The highest BCUT2D eigenvalue weighted by molar-refractivity contribution is 7.86. The van der Waals surface area contributed by atoms with Gasteiger partial charge in [-0.3, -0.25) is 4.55 Å². The topological polar surface area (TPSA) is 107 Å². The average Bonchev–Trinajstić information content (AvgIpc) is 2.23. The summed E-state index contributed by atoms with van der Waals surface area (Å²) in [7, 11) is -5.72. The van der Waals surface area contributed by atoms with Crippen molar-refractivity contribution < 1.29 is 40.8 Å². The highest BCUT2D eigenvalue weighted by Crippen LogP contribution is 2.27. The standard InChI is InChI=1S/C9H12F2O7S/c1-5(2)8(13)17-4-7(12)18-6(3)9(10,11)19(14,15)16/h6H,1,4H2,2-3H3,(H,14,15,16). The third-order valence-electron chi connectivity index (χ3n) is 1.79. The molecule has 0 aliphatic carbocycles. The summed E-state index contributed by atoms with van der Waals surface area (Å²) in [6.07, 6.45) is -2.45. The molecule has 110 valence electrons. The van der Waals surface area contributed by atoms with E-state index in [0.717, 1.165) is 0 Å². The number of halogens is 2. The van der Waals surface area contributed by atoms with Crippen LogP contribution in [0, 0.1) is 0 Å². The molecule has 0 radical (unpaired) electrons. The van der Waals surface area contributed by atoms with Gasteiger partial charge in [0.25, 0.3) is 0 Å². The van der Waals surface area contributed by atoms with Crippen LogP contribution in [0.5, 0.6) is 0 Å². The molecule has 0 bridgehead atoms. The molecule has 1 atom stereocenters. The van der Waals surface area contributed by atoms with Gasteiger partial charge >= 0.3 is 27.3 Å². The normalized spacial score (nSPS) is 13.5. The second-order valence-corrected chi connectivity index (χ2v) is 5.02. The monoisotopic (exact) mass is 302 g/mol. The van der Waals surface area contributed by atoms with Gasteiger partial charge in [-0.25, -0.2) is 9.59 Å². The van der Waals surface area contributed by atoms with Gasteiger partial charge in [-0.15, -0.1) is 0 Å². The molecule has 0 amide bonds.